The highest BCUT2D eigenvalue weighted by Crippen LogP contribution is 2.27. The zero-order valence-corrected chi connectivity index (χ0v) is 12.9. The molecule has 0 saturated carbocycles. The van der Waals surface area contributed by atoms with Gasteiger partial charge < -0.3 is 19.5 Å². The van der Waals surface area contributed by atoms with Crippen molar-refractivity contribution in [2.45, 2.75) is 58.3 Å². The van der Waals surface area contributed by atoms with Gasteiger partial charge in [-0.1, -0.05) is 0 Å². The Bertz CT molecular complexity index is 363. The van der Waals surface area contributed by atoms with Crippen LogP contribution in [0.5, 0.6) is 0 Å². The van der Waals surface area contributed by atoms with Crippen LogP contribution in [0.2, 0.25) is 0 Å². The fourth-order valence-electron chi connectivity index (χ4n) is 2.52. The smallest absolute Gasteiger partial charge is 0.410 e. The van der Waals surface area contributed by atoms with Gasteiger partial charge in [-0.05, 0) is 40.5 Å². The predicted octanol–water partition coefficient (Wildman–Crippen LogP) is 2.12. The number of nitrogens with zero attached hydrogens (tertiary/aromatic N) is 1. The highest BCUT2D eigenvalue weighted by Gasteiger charge is 2.41. The van der Waals surface area contributed by atoms with Gasteiger partial charge in [0.2, 0.25) is 0 Å². The van der Waals surface area contributed by atoms with Crippen LogP contribution in [0.4, 0.5) is 4.79 Å². The Hall–Kier alpha value is -1.30. The predicted molar refractivity (Wildman–Crippen MR) is 73.6 cm³/mol. The normalized spacial score (nSPS) is 22.4. The van der Waals surface area contributed by atoms with Crippen molar-refractivity contribution >= 4 is 12.1 Å². The topological polar surface area (TPSA) is 76.1 Å². The minimum absolute atomic E-state index is 0.249. The first kappa shape index (κ1) is 16.8. The maximum atomic E-state index is 12.2. The number of likely N-dealkylation sites (tertiary alicyclic amines) is 1. The third-order valence-corrected chi connectivity index (χ3v) is 3.46. The largest absolute Gasteiger partial charge is 0.481 e. The minimum atomic E-state index is -0.923. The molecule has 0 aromatic rings. The van der Waals surface area contributed by atoms with Crippen molar-refractivity contribution < 1.29 is 24.2 Å². The lowest BCUT2D eigenvalue weighted by Crippen LogP contribution is -2.49. The number of hydrogen-bond acceptors (Lipinski definition) is 4. The number of rotatable bonds is 4. The Morgan fingerprint density at radius 1 is 1.35 bits per heavy atom. The lowest BCUT2D eigenvalue weighted by molar-refractivity contribution is -0.147. The van der Waals surface area contributed by atoms with Gasteiger partial charge in [0.05, 0.1) is 18.1 Å². The second-order valence-corrected chi connectivity index (χ2v) is 6.21. The molecule has 1 N–H and O–H groups in total. The van der Waals surface area contributed by atoms with Crippen molar-refractivity contribution in [3.63, 3.8) is 0 Å². The van der Waals surface area contributed by atoms with Crippen LogP contribution in [-0.2, 0) is 14.3 Å². The molecule has 0 bridgehead atoms. The standard InChI is InChI=1S/C14H25NO5/c1-9(12(16)17)11(19-5)10-7-6-8-15(10)13(18)20-14(2,3)4/h9-11H,6-8H2,1-5H3,(H,16,17)/t9-,10?,11?/m1/s1. The van der Waals surface area contributed by atoms with Gasteiger partial charge in [0.15, 0.2) is 0 Å². The molecule has 0 spiro atoms. The van der Waals surface area contributed by atoms with Gasteiger partial charge in [0.1, 0.15) is 5.60 Å². The van der Waals surface area contributed by atoms with E-state index in [0.717, 1.165) is 12.8 Å². The molecule has 1 amide bonds. The number of ether oxygens (including phenoxy) is 2. The molecule has 0 aromatic heterocycles. The van der Waals surface area contributed by atoms with E-state index in [4.69, 9.17) is 14.6 Å². The number of carbonyl (C=O) groups excluding carboxylic acids is 1. The number of hydrogen-bond donors (Lipinski definition) is 1. The fraction of sp³-hybridized carbons (Fsp3) is 0.857. The molecule has 1 rings (SSSR count). The van der Waals surface area contributed by atoms with Crippen molar-refractivity contribution in [2.75, 3.05) is 13.7 Å². The van der Waals surface area contributed by atoms with Crippen molar-refractivity contribution in [3.8, 4) is 0 Å². The summed E-state index contributed by atoms with van der Waals surface area (Å²) < 4.78 is 10.7. The zero-order valence-electron chi connectivity index (χ0n) is 12.9. The summed E-state index contributed by atoms with van der Waals surface area (Å²) in [5.41, 5.74) is -0.564. The van der Waals surface area contributed by atoms with Crippen LogP contribution < -0.4 is 0 Å². The molecule has 3 atom stereocenters. The van der Waals surface area contributed by atoms with Crippen molar-refractivity contribution in [2.24, 2.45) is 5.92 Å². The number of aliphatic carboxylic acids is 1. The van der Waals surface area contributed by atoms with Crippen LogP contribution in [0.1, 0.15) is 40.5 Å². The second kappa shape index (κ2) is 6.43. The first-order valence-electron chi connectivity index (χ1n) is 6.92. The summed E-state index contributed by atoms with van der Waals surface area (Å²) in [7, 11) is 1.48. The zero-order chi connectivity index (χ0) is 15.5. The first-order valence-corrected chi connectivity index (χ1v) is 6.92. The van der Waals surface area contributed by atoms with Gasteiger partial charge in [0.25, 0.3) is 0 Å². The molecule has 0 aliphatic carbocycles. The molecular weight excluding hydrogens is 262 g/mol. The Labute approximate surface area is 120 Å². The molecule has 2 unspecified atom stereocenters. The Morgan fingerprint density at radius 3 is 2.40 bits per heavy atom. The average Bonchev–Trinajstić information content (AvgIpc) is 2.76. The highest BCUT2D eigenvalue weighted by molar-refractivity contribution is 5.71. The molecule has 1 heterocycles. The summed E-state index contributed by atoms with van der Waals surface area (Å²) in [6.07, 6.45) is 0.632. The highest BCUT2D eigenvalue weighted by atomic mass is 16.6. The Kier molecular flexibility index (Phi) is 5.39. The molecule has 1 aliphatic rings. The van der Waals surface area contributed by atoms with E-state index < -0.39 is 29.7 Å². The Morgan fingerprint density at radius 2 is 1.95 bits per heavy atom. The van der Waals surface area contributed by atoms with E-state index >= 15 is 0 Å². The maximum absolute atomic E-state index is 12.2. The molecule has 1 saturated heterocycles. The van der Waals surface area contributed by atoms with Crippen LogP contribution in [0, 0.1) is 5.92 Å². The quantitative estimate of drug-likeness (QED) is 0.857. The number of methoxy groups -OCH3 is 1. The van der Waals surface area contributed by atoms with Gasteiger partial charge in [-0.15, -0.1) is 0 Å². The number of carbonyl (C=O) groups is 2. The van der Waals surface area contributed by atoms with Gasteiger partial charge in [0, 0.05) is 13.7 Å². The van der Waals surface area contributed by atoms with Gasteiger partial charge >= 0.3 is 12.1 Å². The lowest BCUT2D eigenvalue weighted by atomic mass is 9.96. The molecule has 0 aromatic carbocycles. The van der Waals surface area contributed by atoms with Crippen molar-refractivity contribution in [3.05, 3.63) is 0 Å². The molecular formula is C14H25NO5. The van der Waals surface area contributed by atoms with E-state index in [2.05, 4.69) is 0 Å². The van der Waals surface area contributed by atoms with Crippen LogP contribution in [0.3, 0.4) is 0 Å². The summed E-state index contributed by atoms with van der Waals surface area (Å²) >= 11 is 0. The summed E-state index contributed by atoms with van der Waals surface area (Å²) in [6.45, 7) is 7.60. The molecule has 20 heavy (non-hydrogen) atoms. The van der Waals surface area contributed by atoms with Gasteiger partial charge in [-0.2, -0.15) is 0 Å². The van der Waals surface area contributed by atoms with Crippen LogP contribution in [0.25, 0.3) is 0 Å². The summed E-state index contributed by atoms with van der Waals surface area (Å²) in [5.74, 6) is -1.60. The molecule has 6 nitrogen and oxygen atoms in total. The summed E-state index contributed by atoms with van der Waals surface area (Å²) in [6, 6.07) is -0.249. The molecule has 116 valence electrons. The third-order valence-electron chi connectivity index (χ3n) is 3.46. The molecule has 1 aliphatic heterocycles. The number of carboxylic acids is 1. The summed E-state index contributed by atoms with van der Waals surface area (Å²) in [4.78, 5) is 24.9. The minimum Gasteiger partial charge on any atom is -0.481 e. The molecule has 1 fully saturated rings. The van der Waals surface area contributed by atoms with Gasteiger partial charge in [-0.25, -0.2) is 4.79 Å². The SMILES string of the molecule is COC(C1CCCN1C(=O)OC(C)(C)C)[C@@H](C)C(=O)O. The van der Waals surface area contributed by atoms with Crippen LogP contribution in [0.15, 0.2) is 0 Å². The van der Waals surface area contributed by atoms with E-state index in [1.165, 1.54) is 7.11 Å². The molecule has 6 heteroatoms. The van der Waals surface area contributed by atoms with Crippen molar-refractivity contribution in [1.29, 1.82) is 0 Å². The van der Waals surface area contributed by atoms with E-state index in [9.17, 15) is 9.59 Å². The first-order chi connectivity index (χ1) is 9.17. The van der Waals surface area contributed by atoms with Crippen molar-refractivity contribution in [1.82, 2.24) is 4.90 Å². The monoisotopic (exact) mass is 287 g/mol. The van der Waals surface area contributed by atoms with E-state index in [1.54, 1.807) is 11.8 Å². The van der Waals surface area contributed by atoms with Crippen LogP contribution >= 0.6 is 0 Å². The second-order valence-electron chi connectivity index (χ2n) is 6.21. The Balaban J connectivity index is 2.82. The van der Waals surface area contributed by atoms with E-state index in [0.29, 0.717) is 6.54 Å². The third kappa shape index (κ3) is 4.10. The van der Waals surface area contributed by atoms with E-state index in [1.807, 2.05) is 20.8 Å². The lowest BCUT2D eigenvalue weighted by Gasteiger charge is -2.34. The van der Waals surface area contributed by atoms with E-state index in [-0.39, 0.29) is 6.04 Å². The van der Waals surface area contributed by atoms with Gasteiger partial charge in [-0.3, -0.25) is 4.79 Å². The average molecular weight is 287 g/mol. The summed E-state index contributed by atoms with van der Waals surface area (Å²) in [5, 5.41) is 9.14. The maximum Gasteiger partial charge on any atom is 0.410 e. The fourth-order valence-corrected chi connectivity index (χ4v) is 2.52. The number of carboxylic acid groups (broad SMARTS) is 1. The number of amides is 1. The van der Waals surface area contributed by atoms with Crippen LogP contribution in [-0.4, -0.2) is 53.5 Å². The molecule has 0 radical (unpaired) electrons.